The van der Waals surface area contributed by atoms with Crippen molar-refractivity contribution in [2.75, 3.05) is 20.2 Å². The highest BCUT2D eigenvalue weighted by atomic mass is 79.9. The third-order valence-corrected chi connectivity index (χ3v) is 5.47. The summed E-state index contributed by atoms with van der Waals surface area (Å²) in [6, 6.07) is 7.09. The molecule has 0 spiro atoms. The number of rotatable bonds is 4. The first-order valence-corrected chi connectivity index (χ1v) is 8.60. The van der Waals surface area contributed by atoms with Crippen LogP contribution >= 0.6 is 15.9 Å². The molecular formula is C17H25BrN2O. The highest BCUT2D eigenvalue weighted by Crippen LogP contribution is 2.36. The van der Waals surface area contributed by atoms with Gasteiger partial charge in [0.2, 0.25) is 0 Å². The maximum absolute atomic E-state index is 5.32. The number of nitrogens with zero attached hydrogens (tertiary/aromatic N) is 1. The zero-order valence-corrected chi connectivity index (χ0v) is 14.7. The van der Waals surface area contributed by atoms with Gasteiger partial charge in [-0.3, -0.25) is 4.90 Å². The van der Waals surface area contributed by atoms with Crippen LogP contribution in [0, 0.1) is 5.92 Å². The fraction of sp³-hybridized carbons (Fsp3) is 0.647. The minimum atomic E-state index is 0.206. The number of halogens is 1. The highest BCUT2D eigenvalue weighted by molar-refractivity contribution is 9.10. The summed E-state index contributed by atoms with van der Waals surface area (Å²) in [5.41, 5.74) is 1.55. The SMILES string of the molecule is COc1ccc(CN2CC(C3CC3)NCC2(C)C)cc1Br. The molecule has 1 unspecified atom stereocenters. The van der Waals surface area contributed by atoms with E-state index in [1.54, 1.807) is 7.11 Å². The number of piperazine rings is 1. The second-order valence-electron chi connectivity index (χ2n) is 6.99. The molecule has 0 amide bonds. The minimum Gasteiger partial charge on any atom is -0.496 e. The second-order valence-corrected chi connectivity index (χ2v) is 7.84. The van der Waals surface area contributed by atoms with Gasteiger partial charge in [-0.15, -0.1) is 0 Å². The Morgan fingerprint density at radius 1 is 1.38 bits per heavy atom. The van der Waals surface area contributed by atoms with Crippen molar-refractivity contribution < 1.29 is 4.74 Å². The fourth-order valence-corrected chi connectivity index (χ4v) is 3.75. The summed E-state index contributed by atoms with van der Waals surface area (Å²) in [7, 11) is 1.71. The predicted molar refractivity (Wildman–Crippen MR) is 89.7 cm³/mol. The van der Waals surface area contributed by atoms with Crippen LogP contribution in [-0.2, 0) is 6.54 Å². The second kappa shape index (κ2) is 5.90. The molecule has 2 aliphatic rings. The summed E-state index contributed by atoms with van der Waals surface area (Å²) in [6.45, 7) is 7.90. The summed E-state index contributed by atoms with van der Waals surface area (Å²) in [5.74, 6) is 1.81. The maximum Gasteiger partial charge on any atom is 0.133 e. The lowest BCUT2D eigenvalue weighted by Gasteiger charge is -2.46. The van der Waals surface area contributed by atoms with Gasteiger partial charge < -0.3 is 10.1 Å². The van der Waals surface area contributed by atoms with Gasteiger partial charge in [0.1, 0.15) is 5.75 Å². The summed E-state index contributed by atoms with van der Waals surface area (Å²) >= 11 is 3.59. The van der Waals surface area contributed by atoms with E-state index in [-0.39, 0.29) is 5.54 Å². The fourth-order valence-electron chi connectivity index (χ4n) is 3.16. The zero-order chi connectivity index (χ0) is 15.0. The van der Waals surface area contributed by atoms with Crippen molar-refractivity contribution in [1.82, 2.24) is 10.2 Å². The van der Waals surface area contributed by atoms with E-state index in [1.165, 1.54) is 18.4 Å². The van der Waals surface area contributed by atoms with Gasteiger partial charge in [-0.25, -0.2) is 0 Å². The number of benzene rings is 1. The Morgan fingerprint density at radius 3 is 2.76 bits per heavy atom. The van der Waals surface area contributed by atoms with Gasteiger partial charge in [0.25, 0.3) is 0 Å². The van der Waals surface area contributed by atoms with Crippen LogP contribution < -0.4 is 10.1 Å². The Morgan fingerprint density at radius 2 is 2.14 bits per heavy atom. The molecule has 0 radical (unpaired) electrons. The van der Waals surface area contributed by atoms with Gasteiger partial charge >= 0.3 is 0 Å². The smallest absolute Gasteiger partial charge is 0.133 e. The largest absolute Gasteiger partial charge is 0.496 e. The lowest BCUT2D eigenvalue weighted by atomic mass is 9.95. The summed E-state index contributed by atoms with van der Waals surface area (Å²) in [4.78, 5) is 2.63. The van der Waals surface area contributed by atoms with Gasteiger partial charge in [0.05, 0.1) is 11.6 Å². The van der Waals surface area contributed by atoms with Crippen molar-refractivity contribution in [3.63, 3.8) is 0 Å². The Bertz CT molecular complexity index is 514. The summed E-state index contributed by atoms with van der Waals surface area (Å²) < 4.78 is 6.35. The molecule has 4 heteroatoms. The Balaban J connectivity index is 1.72. The van der Waals surface area contributed by atoms with Crippen LogP contribution in [-0.4, -0.2) is 36.7 Å². The molecule has 1 aromatic carbocycles. The first-order valence-electron chi connectivity index (χ1n) is 7.80. The molecule has 2 fully saturated rings. The number of methoxy groups -OCH3 is 1. The van der Waals surface area contributed by atoms with E-state index < -0.39 is 0 Å². The Labute approximate surface area is 136 Å². The van der Waals surface area contributed by atoms with Gasteiger partial charge in [-0.05, 0) is 66.2 Å². The molecule has 1 saturated heterocycles. The molecular weight excluding hydrogens is 328 g/mol. The van der Waals surface area contributed by atoms with Crippen LogP contribution in [0.15, 0.2) is 22.7 Å². The van der Waals surface area contributed by atoms with Gasteiger partial charge in [-0.1, -0.05) is 6.07 Å². The Hall–Kier alpha value is -0.580. The molecule has 21 heavy (non-hydrogen) atoms. The molecule has 1 saturated carbocycles. The number of ether oxygens (including phenoxy) is 1. The van der Waals surface area contributed by atoms with E-state index in [9.17, 15) is 0 Å². The van der Waals surface area contributed by atoms with Crippen molar-refractivity contribution >= 4 is 15.9 Å². The monoisotopic (exact) mass is 352 g/mol. The molecule has 1 atom stereocenters. The van der Waals surface area contributed by atoms with Gasteiger partial charge in [0.15, 0.2) is 0 Å². The van der Waals surface area contributed by atoms with E-state index in [1.807, 2.05) is 6.07 Å². The molecule has 1 heterocycles. The summed E-state index contributed by atoms with van der Waals surface area (Å²) in [6.07, 6.45) is 2.81. The van der Waals surface area contributed by atoms with Crippen molar-refractivity contribution in [2.45, 2.75) is 44.8 Å². The average molecular weight is 353 g/mol. The van der Waals surface area contributed by atoms with Crippen LogP contribution in [0.1, 0.15) is 32.3 Å². The quantitative estimate of drug-likeness (QED) is 0.898. The number of nitrogens with one attached hydrogen (secondary N) is 1. The third kappa shape index (κ3) is 3.43. The van der Waals surface area contributed by atoms with Crippen molar-refractivity contribution in [3.05, 3.63) is 28.2 Å². The minimum absolute atomic E-state index is 0.206. The molecule has 116 valence electrons. The highest BCUT2D eigenvalue weighted by Gasteiger charge is 2.40. The molecule has 3 nitrogen and oxygen atoms in total. The van der Waals surface area contributed by atoms with Gasteiger partial charge in [-0.2, -0.15) is 0 Å². The average Bonchev–Trinajstić information content (AvgIpc) is 3.26. The standard InChI is InChI=1S/C17H25BrN2O/c1-17(2)11-19-15(13-5-6-13)10-20(17)9-12-4-7-16(21-3)14(18)8-12/h4,7-8,13,15,19H,5-6,9-11H2,1-3H3. The van der Waals surface area contributed by atoms with Gasteiger partial charge in [0, 0.05) is 31.2 Å². The molecule has 0 bridgehead atoms. The van der Waals surface area contributed by atoms with Crippen LogP contribution in [0.3, 0.4) is 0 Å². The molecule has 0 aromatic heterocycles. The van der Waals surface area contributed by atoms with Crippen molar-refractivity contribution in [1.29, 1.82) is 0 Å². The normalized spacial score (nSPS) is 25.8. The van der Waals surface area contributed by atoms with Crippen LogP contribution in [0.4, 0.5) is 0 Å². The lowest BCUT2D eigenvalue weighted by molar-refractivity contribution is 0.0533. The van der Waals surface area contributed by atoms with E-state index in [0.29, 0.717) is 6.04 Å². The van der Waals surface area contributed by atoms with Crippen LogP contribution in [0.2, 0.25) is 0 Å². The molecule has 1 N–H and O–H groups in total. The maximum atomic E-state index is 5.32. The molecule has 1 aliphatic heterocycles. The lowest BCUT2D eigenvalue weighted by Crippen LogP contribution is -2.62. The van der Waals surface area contributed by atoms with Crippen LogP contribution in [0.25, 0.3) is 0 Å². The topological polar surface area (TPSA) is 24.5 Å². The van der Waals surface area contributed by atoms with Crippen LogP contribution in [0.5, 0.6) is 5.75 Å². The van der Waals surface area contributed by atoms with E-state index >= 15 is 0 Å². The third-order valence-electron chi connectivity index (χ3n) is 4.85. The van der Waals surface area contributed by atoms with Crippen molar-refractivity contribution in [2.24, 2.45) is 5.92 Å². The zero-order valence-electron chi connectivity index (χ0n) is 13.2. The Kier molecular flexibility index (Phi) is 4.30. The summed E-state index contributed by atoms with van der Waals surface area (Å²) in [5, 5.41) is 3.75. The number of hydrogen-bond donors (Lipinski definition) is 1. The predicted octanol–water partition coefficient (Wildman–Crippen LogP) is 3.42. The van der Waals surface area contributed by atoms with Crippen molar-refractivity contribution in [3.8, 4) is 5.75 Å². The first kappa shape index (κ1) is 15.3. The molecule has 3 rings (SSSR count). The van der Waals surface area contributed by atoms with E-state index in [4.69, 9.17) is 4.74 Å². The van der Waals surface area contributed by atoms with E-state index in [0.717, 1.165) is 35.8 Å². The molecule has 1 aromatic rings. The van der Waals surface area contributed by atoms with E-state index in [2.05, 4.69) is 52.1 Å². The number of hydrogen-bond acceptors (Lipinski definition) is 3. The first-order chi connectivity index (χ1) is 9.99. The molecule has 1 aliphatic carbocycles.